The van der Waals surface area contributed by atoms with Crippen molar-refractivity contribution in [3.63, 3.8) is 0 Å². The summed E-state index contributed by atoms with van der Waals surface area (Å²) in [6.07, 6.45) is -0.179. The molecule has 1 atom stereocenters. The minimum Gasteiger partial charge on any atom is -0.492 e. The minimum absolute atomic E-state index is 0.0722. The van der Waals surface area contributed by atoms with Crippen LogP contribution < -0.4 is 5.56 Å². The topological polar surface area (TPSA) is 108 Å². The zero-order chi connectivity index (χ0) is 24.2. The number of hydrogen-bond donors (Lipinski definition) is 1. The van der Waals surface area contributed by atoms with Crippen molar-refractivity contribution >= 4 is 25.8 Å². The summed E-state index contributed by atoms with van der Waals surface area (Å²) in [5, 5.41) is 10.6. The van der Waals surface area contributed by atoms with Crippen LogP contribution in [0.1, 0.15) is 31.3 Å². The van der Waals surface area contributed by atoms with Gasteiger partial charge in [0, 0.05) is 11.6 Å². The third kappa shape index (κ3) is 5.52. The highest BCUT2D eigenvalue weighted by atomic mass is 79.9. The van der Waals surface area contributed by atoms with E-state index in [0.29, 0.717) is 10.0 Å². The van der Waals surface area contributed by atoms with Gasteiger partial charge in [-0.2, -0.15) is 4.98 Å². The summed E-state index contributed by atoms with van der Waals surface area (Å²) in [5.41, 5.74) is -0.189. The monoisotopic (exact) mass is 536 g/mol. The standard InChI is InChI=1S/C23H25BrN2O6S/c1-15(2)32-14-20-25-22(27)21(33(29,30)18-11-9-17(24)10-12-18)23(28)26(20)19(13-31-3)16-7-5-4-6-8-16/h4-12,15,19,27H,13-14H2,1-3H3/t19-/m0/s1. The second-order valence-corrected chi connectivity index (χ2v) is 10.4. The van der Waals surface area contributed by atoms with Crippen LogP contribution in [0.5, 0.6) is 5.88 Å². The van der Waals surface area contributed by atoms with Gasteiger partial charge in [-0.25, -0.2) is 8.42 Å². The maximum Gasteiger partial charge on any atom is 0.277 e. The predicted molar refractivity (Wildman–Crippen MR) is 126 cm³/mol. The van der Waals surface area contributed by atoms with E-state index in [-0.39, 0.29) is 30.0 Å². The molecule has 2 aromatic carbocycles. The fourth-order valence-corrected chi connectivity index (χ4v) is 4.94. The smallest absolute Gasteiger partial charge is 0.277 e. The quantitative estimate of drug-likeness (QED) is 0.444. The van der Waals surface area contributed by atoms with E-state index in [1.165, 1.54) is 23.8 Å². The molecular formula is C23H25BrN2O6S. The summed E-state index contributed by atoms with van der Waals surface area (Å²) < 4.78 is 39.6. The molecule has 0 saturated carbocycles. The molecule has 1 heterocycles. The van der Waals surface area contributed by atoms with Crippen LogP contribution in [0.2, 0.25) is 0 Å². The molecule has 8 nitrogen and oxygen atoms in total. The highest BCUT2D eigenvalue weighted by Crippen LogP contribution is 2.28. The van der Waals surface area contributed by atoms with Gasteiger partial charge in [-0.05, 0) is 43.7 Å². The number of aromatic nitrogens is 2. The molecule has 0 aliphatic rings. The Morgan fingerprint density at radius 1 is 1.09 bits per heavy atom. The molecule has 176 valence electrons. The number of hydrogen-bond acceptors (Lipinski definition) is 7. The lowest BCUT2D eigenvalue weighted by Crippen LogP contribution is -2.35. The zero-order valence-electron chi connectivity index (χ0n) is 18.4. The Bertz CT molecular complexity index is 1260. The molecule has 10 heteroatoms. The van der Waals surface area contributed by atoms with Crippen LogP contribution in [0.3, 0.4) is 0 Å². The molecule has 0 saturated heterocycles. The number of rotatable bonds is 9. The van der Waals surface area contributed by atoms with E-state index in [9.17, 15) is 18.3 Å². The molecule has 0 bridgehead atoms. The van der Waals surface area contributed by atoms with Gasteiger partial charge in [-0.1, -0.05) is 46.3 Å². The molecule has 0 aliphatic heterocycles. The SMILES string of the molecule is COC[C@@H](c1ccccc1)n1c(COC(C)C)nc(O)c(S(=O)(=O)c2ccc(Br)cc2)c1=O. The second kappa shape index (κ2) is 10.6. The number of nitrogens with zero attached hydrogens (tertiary/aromatic N) is 2. The second-order valence-electron chi connectivity index (χ2n) is 7.55. The maximum atomic E-state index is 13.7. The molecule has 3 aromatic rings. The highest BCUT2D eigenvalue weighted by molar-refractivity contribution is 9.10. The van der Waals surface area contributed by atoms with Crippen LogP contribution in [0.25, 0.3) is 0 Å². The molecule has 0 fully saturated rings. The Balaban J connectivity index is 2.29. The highest BCUT2D eigenvalue weighted by Gasteiger charge is 2.32. The van der Waals surface area contributed by atoms with Gasteiger partial charge < -0.3 is 14.6 Å². The number of halogens is 1. The molecule has 3 rings (SSSR count). The van der Waals surface area contributed by atoms with E-state index in [1.54, 1.807) is 36.4 Å². The van der Waals surface area contributed by atoms with Gasteiger partial charge >= 0.3 is 0 Å². The molecule has 0 unspecified atom stereocenters. The Kier molecular flexibility index (Phi) is 8.06. The maximum absolute atomic E-state index is 13.7. The van der Waals surface area contributed by atoms with Crippen LogP contribution >= 0.6 is 15.9 Å². The fraction of sp³-hybridized carbons (Fsp3) is 0.304. The number of methoxy groups -OCH3 is 1. The van der Waals surface area contributed by atoms with Crippen molar-refractivity contribution in [1.29, 1.82) is 0 Å². The van der Waals surface area contributed by atoms with Crippen LogP contribution in [0, 0.1) is 0 Å². The van der Waals surface area contributed by atoms with Gasteiger partial charge in [-0.15, -0.1) is 0 Å². The van der Waals surface area contributed by atoms with Crippen LogP contribution in [-0.4, -0.2) is 42.9 Å². The van der Waals surface area contributed by atoms with Gasteiger partial charge in [0.15, 0.2) is 4.90 Å². The molecule has 33 heavy (non-hydrogen) atoms. The predicted octanol–water partition coefficient (Wildman–Crippen LogP) is 3.71. The van der Waals surface area contributed by atoms with Crippen LogP contribution in [0.15, 0.2) is 73.7 Å². The van der Waals surface area contributed by atoms with E-state index in [1.807, 2.05) is 19.9 Å². The molecule has 1 N–H and O–H groups in total. The van der Waals surface area contributed by atoms with E-state index >= 15 is 0 Å². The van der Waals surface area contributed by atoms with Gasteiger partial charge in [0.25, 0.3) is 5.56 Å². The van der Waals surface area contributed by atoms with Crippen molar-refractivity contribution in [3.8, 4) is 5.88 Å². The average molecular weight is 537 g/mol. The first kappa shape index (κ1) is 25.1. The Morgan fingerprint density at radius 2 is 1.73 bits per heavy atom. The normalized spacial score (nSPS) is 12.8. The molecule has 1 aromatic heterocycles. The lowest BCUT2D eigenvalue weighted by molar-refractivity contribution is 0.0557. The number of sulfone groups is 1. The third-order valence-electron chi connectivity index (χ3n) is 4.89. The number of aromatic hydroxyl groups is 1. The Hall–Kier alpha value is -2.53. The van der Waals surface area contributed by atoms with Gasteiger partial charge in [-0.3, -0.25) is 9.36 Å². The van der Waals surface area contributed by atoms with E-state index in [4.69, 9.17) is 9.47 Å². The van der Waals surface area contributed by atoms with Gasteiger partial charge in [0.2, 0.25) is 15.7 Å². The molecule has 0 amide bonds. The first-order chi connectivity index (χ1) is 15.7. The van der Waals surface area contributed by atoms with Crippen molar-refractivity contribution in [2.45, 2.75) is 42.4 Å². The largest absolute Gasteiger partial charge is 0.492 e. The number of ether oxygens (including phenoxy) is 2. The average Bonchev–Trinajstić information content (AvgIpc) is 2.77. The van der Waals surface area contributed by atoms with Crippen LogP contribution in [-0.2, 0) is 25.9 Å². The van der Waals surface area contributed by atoms with E-state index in [2.05, 4.69) is 20.9 Å². The van der Waals surface area contributed by atoms with Crippen molar-refractivity contribution < 1.29 is 23.0 Å². The summed E-state index contributed by atoms with van der Waals surface area (Å²) >= 11 is 3.26. The first-order valence-electron chi connectivity index (χ1n) is 10.2. The summed E-state index contributed by atoms with van der Waals surface area (Å²) in [5.74, 6) is -0.780. The van der Waals surface area contributed by atoms with Crippen LogP contribution in [0.4, 0.5) is 0 Å². The van der Waals surface area contributed by atoms with Crippen molar-refractivity contribution in [1.82, 2.24) is 9.55 Å². The Morgan fingerprint density at radius 3 is 2.30 bits per heavy atom. The number of benzene rings is 2. The fourth-order valence-electron chi connectivity index (χ4n) is 3.33. The summed E-state index contributed by atoms with van der Waals surface area (Å²) in [4.78, 5) is 16.9. The van der Waals surface area contributed by atoms with Crippen molar-refractivity contribution in [2.75, 3.05) is 13.7 Å². The van der Waals surface area contributed by atoms with Crippen molar-refractivity contribution in [3.05, 3.63) is 80.8 Å². The van der Waals surface area contributed by atoms with Gasteiger partial charge in [0.05, 0.1) is 23.6 Å². The summed E-state index contributed by atoms with van der Waals surface area (Å²) in [7, 11) is -2.88. The van der Waals surface area contributed by atoms with Crippen molar-refractivity contribution in [2.24, 2.45) is 0 Å². The third-order valence-corrected chi connectivity index (χ3v) is 7.20. The lowest BCUT2D eigenvalue weighted by Gasteiger charge is -2.24. The van der Waals surface area contributed by atoms with Gasteiger partial charge in [0.1, 0.15) is 12.4 Å². The molecular weight excluding hydrogens is 512 g/mol. The zero-order valence-corrected chi connectivity index (χ0v) is 20.8. The molecule has 0 radical (unpaired) electrons. The van der Waals surface area contributed by atoms with E-state index < -0.39 is 32.2 Å². The summed E-state index contributed by atoms with van der Waals surface area (Å²) in [6.45, 7) is 3.60. The molecule has 0 spiro atoms. The first-order valence-corrected chi connectivity index (χ1v) is 12.4. The molecule has 0 aliphatic carbocycles. The summed E-state index contributed by atoms with van der Waals surface area (Å²) in [6, 6.07) is 14.1. The minimum atomic E-state index is -4.37. The lowest BCUT2D eigenvalue weighted by atomic mass is 10.1. The Labute approximate surface area is 200 Å². The van der Waals surface area contributed by atoms with E-state index in [0.717, 1.165) is 0 Å².